The molecule has 4 nitrogen and oxygen atoms in total. The van der Waals surface area contributed by atoms with Crippen molar-refractivity contribution in [2.24, 2.45) is 0 Å². The van der Waals surface area contributed by atoms with E-state index in [1.165, 1.54) is 18.2 Å². The molecular formula is C15H14ClFN2O2. The third kappa shape index (κ3) is 3.70. The molecule has 0 atom stereocenters. The van der Waals surface area contributed by atoms with Gasteiger partial charge in [-0.1, -0.05) is 18.2 Å². The van der Waals surface area contributed by atoms with Gasteiger partial charge in [-0.3, -0.25) is 10.1 Å². The second-order valence-corrected chi connectivity index (χ2v) is 4.97. The Balaban J connectivity index is 2.30. The summed E-state index contributed by atoms with van der Waals surface area (Å²) in [5.41, 5.74) is 1.89. The lowest BCUT2D eigenvalue weighted by Crippen LogP contribution is -2.17. The van der Waals surface area contributed by atoms with Crippen LogP contribution in [0.25, 0.3) is 0 Å². The number of nitro benzene ring substituents is 1. The highest BCUT2D eigenvalue weighted by Crippen LogP contribution is 2.30. The number of hydrogen-bond acceptors (Lipinski definition) is 3. The molecule has 110 valence electrons. The largest absolute Gasteiger partial charge is 0.365 e. The number of nitrogens with zero attached hydrogens (tertiary/aromatic N) is 2. The van der Waals surface area contributed by atoms with Gasteiger partial charge in [0.25, 0.3) is 5.69 Å². The summed E-state index contributed by atoms with van der Waals surface area (Å²) in [6.45, 7) is 0.374. The Hall–Kier alpha value is -2.14. The zero-order valence-electron chi connectivity index (χ0n) is 11.4. The number of anilines is 1. The highest BCUT2D eigenvalue weighted by Gasteiger charge is 2.18. The van der Waals surface area contributed by atoms with Crippen molar-refractivity contribution in [1.82, 2.24) is 0 Å². The highest BCUT2D eigenvalue weighted by atomic mass is 35.5. The average Bonchev–Trinajstić information content (AvgIpc) is 2.46. The van der Waals surface area contributed by atoms with E-state index >= 15 is 0 Å². The molecule has 6 heteroatoms. The average molecular weight is 309 g/mol. The van der Waals surface area contributed by atoms with E-state index in [0.717, 1.165) is 5.56 Å². The van der Waals surface area contributed by atoms with Gasteiger partial charge in [0, 0.05) is 25.5 Å². The molecule has 0 spiro atoms. The van der Waals surface area contributed by atoms with Gasteiger partial charge >= 0.3 is 0 Å². The van der Waals surface area contributed by atoms with Crippen LogP contribution in [-0.2, 0) is 12.4 Å². The summed E-state index contributed by atoms with van der Waals surface area (Å²) in [5, 5.41) is 11.2. The topological polar surface area (TPSA) is 46.4 Å². The lowest BCUT2D eigenvalue weighted by molar-refractivity contribution is -0.384. The fourth-order valence-electron chi connectivity index (χ4n) is 2.12. The molecule has 0 unspecified atom stereocenters. The summed E-state index contributed by atoms with van der Waals surface area (Å²) in [6, 6.07) is 11.0. The fraction of sp³-hybridized carbons (Fsp3) is 0.200. The Kier molecular flexibility index (Phi) is 4.75. The number of halogens is 2. The van der Waals surface area contributed by atoms with Crippen LogP contribution in [0.15, 0.2) is 42.5 Å². The van der Waals surface area contributed by atoms with Crippen LogP contribution in [0.5, 0.6) is 0 Å². The predicted molar refractivity (Wildman–Crippen MR) is 81.2 cm³/mol. The van der Waals surface area contributed by atoms with Crippen molar-refractivity contribution in [3.8, 4) is 0 Å². The molecule has 0 fully saturated rings. The van der Waals surface area contributed by atoms with E-state index in [9.17, 15) is 14.5 Å². The zero-order chi connectivity index (χ0) is 15.4. The molecule has 0 radical (unpaired) electrons. The fourth-order valence-corrected chi connectivity index (χ4v) is 2.28. The molecule has 0 amide bonds. The number of alkyl halides is 1. The number of nitro groups is 1. The van der Waals surface area contributed by atoms with Gasteiger partial charge in [-0.25, -0.2) is 4.39 Å². The molecule has 0 N–H and O–H groups in total. The van der Waals surface area contributed by atoms with Crippen LogP contribution in [0.4, 0.5) is 15.8 Å². The molecule has 0 saturated heterocycles. The minimum atomic E-state index is -0.437. The predicted octanol–water partition coefficient (Wildman–Crippen LogP) is 4.11. The van der Waals surface area contributed by atoms with Crippen LogP contribution in [0.1, 0.15) is 11.1 Å². The van der Waals surface area contributed by atoms with Crippen LogP contribution < -0.4 is 4.90 Å². The van der Waals surface area contributed by atoms with E-state index in [4.69, 9.17) is 11.6 Å². The van der Waals surface area contributed by atoms with Gasteiger partial charge in [0.05, 0.1) is 4.92 Å². The van der Waals surface area contributed by atoms with Gasteiger partial charge in [0.1, 0.15) is 11.5 Å². The van der Waals surface area contributed by atoms with Crippen LogP contribution in [-0.4, -0.2) is 12.0 Å². The van der Waals surface area contributed by atoms with Crippen LogP contribution in [0, 0.1) is 15.9 Å². The second-order valence-electron chi connectivity index (χ2n) is 4.70. The van der Waals surface area contributed by atoms with Gasteiger partial charge in [-0.05, 0) is 29.3 Å². The van der Waals surface area contributed by atoms with Gasteiger partial charge in [-0.15, -0.1) is 11.6 Å². The summed E-state index contributed by atoms with van der Waals surface area (Å²) < 4.78 is 13.2. The van der Waals surface area contributed by atoms with Crippen molar-refractivity contribution in [1.29, 1.82) is 0 Å². The first-order valence-electron chi connectivity index (χ1n) is 6.30. The summed E-state index contributed by atoms with van der Waals surface area (Å²) in [7, 11) is 1.73. The molecular weight excluding hydrogens is 295 g/mol. The lowest BCUT2D eigenvalue weighted by atomic mass is 10.1. The van der Waals surface area contributed by atoms with Crippen LogP contribution in [0.3, 0.4) is 0 Å². The zero-order valence-corrected chi connectivity index (χ0v) is 12.2. The monoisotopic (exact) mass is 308 g/mol. The van der Waals surface area contributed by atoms with E-state index in [1.807, 2.05) is 0 Å². The van der Waals surface area contributed by atoms with E-state index in [1.54, 1.807) is 36.2 Å². The smallest absolute Gasteiger partial charge is 0.292 e. The van der Waals surface area contributed by atoms with Crippen LogP contribution >= 0.6 is 11.6 Å². The molecule has 0 aromatic heterocycles. The van der Waals surface area contributed by atoms with Gasteiger partial charge < -0.3 is 4.90 Å². The molecule has 0 saturated carbocycles. The van der Waals surface area contributed by atoms with Crippen molar-refractivity contribution in [2.75, 3.05) is 11.9 Å². The number of hydrogen-bond donors (Lipinski definition) is 0. The van der Waals surface area contributed by atoms with Crippen molar-refractivity contribution < 1.29 is 9.31 Å². The lowest BCUT2D eigenvalue weighted by Gasteiger charge is -2.19. The summed E-state index contributed by atoms with van der Waals surface area (Å²) in [5.74, 6) is -0.109. The normalized spacial score (nSPS) is 10.4. The highest BCUT2D eigenvalue weighted by molar-refractivity contribution is 6.17. The maximum absolute atomic E-state index is 13.2. The Labute approximate surface area is 126 Å². The Bertz CT molecular complexity index is 664. The Morgan fingerprint density at radius 1 is 1.24 bits per heavy atom. The van der Waals surface area contributed by atoms with Gasteiger partial charge in [-0.2, -0.15) is 0 Å². The number of rotatable bonds is 5. The van der Waals surface area contributed by atoms with Crippen molar-refractivity contribution in [3.05, 3.63) is 69.5 Å². The standard InChI is InChI=1S/C15H14ClFN2O2/c1-18(10-12-3-2-4-13(17)7-12)14-6-5-11(9-16)8-15(14)19(20)21/h2-8H,9-10H2,1H3. The summed E-state index contributed by atoms with van der Waals surface area (Å²) >= 11 is 5.70. The molecule has 2 rings (SSSR count). The van der Waals surface area contributed by atoms with E-state index in [2.05, 4.69) is 0 Å². The minimum Gasteiger partial charge on any atom is -0.365 e. The SMILES string of the molecule is CN(Cc1cccc(F)c1)c1ccc(CCl)cc1[N+](=O)[O-]. The Morgan fingerprint density at radius 2 is 2.00 bits per heavy atom. The maximum Gasteiger partial charge on any atom is 0.292 e. The molecule has 0 aliphatic heterocycles. The van der Waals surface area contributed by atoms with Crippen molar-refractivity contribution in [2.45, 2.75) is 12.4 Å². The van der Waals surface area contributed by atoms with E-state index in [-0.39, 0.29) is 17.4 Å². The summed E-state index contributed by atoms with van der Waals surface area (Å²) in [4.78, 5) is 12.5. The molecule has 0 aliphatic rings. The summed E-state index contributed by atoms with van der Waals surface area (Å²) in [6.07, 6.45) is 0. The first-order chi connectivity index (χ1) is 10.0. The second kappa shape index (κ2) is 6.54. The van der Waals surface area contributed by atoms with Gasteiger partial charge in [0.2, 0.25) is 0 Å². The van der Waals surface area contributed by atoms with Crippen molar-refractivity contribution in [3.63, 3.8) is 0 Å². The van der Waals surface area contributed by atoms with Crippen molar-refractivity contribution >= 4 is 23.0 Å². The van der Waals surface area contributed by atoms with Crippen LogP contribution in [0.2, 0.25) is 0 Å². The van der Waals surface area contributed by atoms with E-state index < -0.39 is 4.92 Å². The van der Waals surface area contributed by atoms with Gasteiger partial charge in [0.15, 0.2) is 0 Å². The quantitative estimate of drug-likeness (QED) is 0.474. The first kappa shape index (κ1) is 15.3. The van der Waals surface area contributed by atoms with E-state index in [0.29, 0.717) is 17.8 Å². The molecule has 0 heterocycles. The first-order valence-corrected chi connectivity index (χ1v) is 6.83. The molecule has 2 aromatic carbocycles. The molecule has 0 aliphatic carbocycles. The maximum atomic E-state index is 13.2. The Morgan fingerprint density at radius 3 is 2.62 bits per heavy atom. The third-order valence-electron chi connectivity index (χ3n) is 3.11. The molecule has 0 bridgehead atoms. The minimum absolute atomic E-state index is 0.00736. The molecule has 2 aromatic rings. The third-order valence-corrected chi connectivity index (χ3v) is 3.42. The molecule has 21 heavy (non-hydrogen) atoms. The number of benzene rings is 2.